The summed E-state index contributed by atoms with van der Waals surface area (Å²) in [5.41, 5.74) is 9.94. The van der Waals surface area contributed by atoms with Crippen LogP contribution in [0.25, 0.3) is 5.57 Å². The Kier molecular flexibility index (Phi) is 4.30. The molecule has 0 bridgehead atoms. The zero-order valence-electron chi connectivity index (χ0n) is 17.6. The minimum absolute atomic E-state index is 0.179. The summed E-state index contributed by atoms with van der Waals surface area (Å²) in [7, 11) is 0. The van der Waals surface area contributed by atoms with Crippen molar-refractivity contribution < 1.29 is 9.90 Å². The van der Waals surface area contributed by atoms with Crippen LogP contribution in [0, 0.1) is 6.92 Å². The molecule has 2 aliphatic carbocycles. The molecular formula is C26H30O2. The molecule has 2 aliphatic rings. The van der Waals surface area contributed by atoms with Crippen LogP contribution >= 0.6 is 0 Å². The average Bonchev–Trinajstić information content (AvgIpc) is 2.64. The van der Waals surface area contributed by atoms with E-state index in [1.54, 1.807) is 6.07 Å². The molecule has 28 heavy (non-hydrogen) atoms. The molecule has 0 spiro atoms. The number of carbonyl (C=O) groups is 1. The molecule has 0 saturated heterocycles. The van der Waals surface area contributed by atoms with Gasteiger partial charge in [-0.15, -0.1) is 0 Å². The van der Waals surface area contributed by atoms with E-state index in [0.29, 0.717) is 5.56 Å². The average molecular weight is 375 g/mol. The predicted octanol–water partition coefficient (Wildman–Crippen LogP) is 6.42. The first-order chi connectivity index (χ1) is 13.1. The van der Waals surface area contributed by atoms with Crippen LogP contribution in [0.1, 0.15) is 90.7 Å². The van der Waals surface area contributed by atoms with Crippen molar-refractivity contribution in [3.63, 3.8) is 0 Å². The van der Waals surface area contributed by atoms with E-state index in [2.05, 4.69) is 52.8 Å². The molecule has 0 fully saturated rings. The van der Waals surface area contributed by atoms with Crippen molar-refractivity contribution >= 4 is 11.5 Å². The molecule has 0 amide bonds. The van der Waals surface area contributed by atoms with Gasteiger partial charge < -0.3 is 5.11 Å². The number of aromatic carboxylic acids is 1. The van der Waals surface area contributed by atoms with Gasteiger partial charge in [0.1, 0.15) is 0 Å². The molecular weight excluding hydrogens is 344 g/mol. The lowest BCUT2D eigenvalue weighted by atomic mass is 9.62. The van der Waals surface area contributed by atoms with E-state index in [0.717, 1.165) is 18.4 Å². The molecule has 2 heteroatoms. The molecule has 0 radical (unpaired) electrons. The molecule has 0 atom stereocenters. The standard InChI is InChI=1S/C26H30O2/c1-16-13-22-23(26(4,5)12-11-25(22,2)3)15-21(16)20-8-6-7-17-14-18(24(27)28)9-10-19(17)20/h8-10,13-15H,6-7,11-12H2,1-5H3,(H,27,28). The van der Waals surface area contributed by atoms with E-state index in [1.807, 2.05) is 12.1 Å². The number of benzene rings is 2. The topological polar surface area (TPSA) is 37.3 Å². The zero-order valence-corrected chi connectivity index (χ0v) is 17.6. The lowest BCUT2D eigenvalue weighted by Crippen LogP contribution is -2.34. The van der Waals surface area contributed by atoms with E-state index in [1.165, 1.54) is 46.2 Å². The smallest absolute Gasteiger partial charge is 0.335 e. The van der Waals surface area contributed by atoms with Gasteiger partial charge in [-0.3, -0.25) is 0 Å². The maximum Gasteiger partial charge on any atom is 0.335 e. The Morgan fingerprint density at radius 1 is 0.929 bits per heavy atom. The quantitative estimate of drug-likeness (QED) is 0.658. The molecule has 4 rings (SSSR count). The summed E-state index contributed by atoms with van der Waals surface area (Å²) in [6, 6.07) is 10.4. The highest BCUT2D eigenvalue weighted by Gasteiger charge is 2.37. The third-order valence-electron chi connectivity index (χ3n) is 6.89. The molecule has 0 aromatic heterocycles. The SMILES string of the molecule is Cc1cc2c(cc1C1=CCCc3cc(C(=O)O)ccc31)C(C)(C)CCC2(C)C. The Bertz CT molecular complexity index is 1010. The van der Waals surface area contributed by atoms with Gasteiger partial charge in [-0.25, -0.2) is 4.79 Å². The van der Waals surface area contributed by atoms with Crippen molar-refractivity contribution in [2.45, 2.75) is 71.1 Å². The van der Waals surface area contributed by atoms with Crippen molar-refractivity contribution in [1.29, 1.82) is 0 Å². The van der Waals surface area contributed by atoms with Crippen LogP contribution in [0.5, 0.6) is 0 Å². The Morgan fingerprint density at radius 2 is 1.57 bits per heavy atom. The first-order valence-electron chi connectivity index (χ1n) is 10.3. The van der Waals surface area contributed by atoms with E-state index in [4.69, 9.17) is 0 Å². The van der Waals surface area contributed by atoms with Crippen molar-refractivity contribution in [2.24, 2.45) is 0 Å². The summed E-state index contributed by atoms with van der Waals surface area (Å²) in [4.78, 5) is 11.4. The van der Waals surface area contributed by atoms with Crippen LogP contribution in [0.4, 0.5) is 0 Å². The lowest BCUT2D eigenvalue weighted by Gasteiger charge is -2.42. The van der Waals surface area contributed by atoms with Crippen molar-refractivity contribution in [1.82, 2.24) is 0 Å². The fourth-order valence-corrected chi connectivity index (χ4v) is 4.95. The summed E-state index contributed by atoms with van der Waals surface area (Å²) in [5, 5.41) is 9.34. The maximum atomic E-state index is 11.4. The second-order valence-corrected chi connectivity index (χ2v) is 9.81. The highest BCUT2D eigenvalue weighted by Crippen LogP contribution is 2.48. The summed E-state index contributed by atoms with van der Waals surface area (Å²) in [6.07, 6.45) is 6.61. The molecule has 2 aromatic carbocycles. The summed E-state index contributed by atoms with van der Waals surface area (Å²) in [5.74, 6) is -0.854. The van der Waals surface area contributed by atoms with Crippen LogP contribution in [-0.4, -0.2) is 11.1 Å². The molecule has 2 nitrogen and oxygen atoms in total. The monoisotopic (exact) mass is 374 g/mol. The molecule has 0 heterocycles. The van der Waals surface area contributed by atoms with Gasteiger partial charge in [0.25, 0.3) is 0 Å². The number of hydrogen-bond donors (Lipinski definition) is 1. The van der Waals surface area contributed by atoms with E-state index in [9.17, 15) is 9.90 Å². The Labute approximate surface area is 168 Å². The van der Waals surface area contributed by atoms with Gasteiger partial charge >= 0.3 is 5.97 Å². The van der Waals surface area contributed by atoms with Crippen LogP contribution in [0.2, 0.25) is 0 Å². The van der Waals surface area contributed by atoms with Crippen LogP contribution in [0.15, 0.2) is 36.4 Å². The summed E-state index contributed by atoms with van der Waals surface area (Å²) < 4.78 is 0. The van der Waals surface area contributed by atoms with Crippen molar-refractivity contribution in [3.8, 4) is 0 Å². The second-order valence-electron chi connectivity index (χ2n) is 9.81. The Morgan fingerprint density at radius 3 is 2.21 bits per heavy atom. The minimum atomic E-state index is -0.854. The number of aryl methyl sites for hydroxylation is 2. The van der Waals surface area contributed by atoms with Gasteiger partial charge in [-0.2, -0.15) is 0 Å². The third-order valence-corrected chi connectivity index (χ3v) is 6.89. The molecule has 146 valence electrons. The van der Waals surface area contributed by atoms with Gasteiger partial charge in [-0.05, 0) is 94.5 Å². The fourth-order valence-electron chi connectivity index (χ4n) is 4.95. The van der Waals surface area contributed by atoms with Gasteiger partial charge in [0.05, 0.1) is 5.56 Å². The highest BCUT2D eigenvalue weighted by molar-refractivity contribution is 5.90. The minimum Gasteiger partial charge on any atom is -0.478 e. The number of rotatable bonds is 2. The lowest BCUT2D eigenvalue weighted by molar-refractivity contribution is 0.0696. The third kappa shape index (κ3) is 2.99. The van der Waals surface area contributed by atoms with Crippen molar-refractivity contribution in [3.05, 3.63) is 75.4 Å². The van der Waals surface area contributed by atoms with Gasteiger partial charge in [-0.1, -0.05) is 52.0 Å². The number of allylic oxidation sites excluding steroid dienone is 1. The van der Waals surface area contributed by atoms with E-state index >= 15 is 0 Å². The number of hydrogen-bond acceptors (Lipinski definition) is 1. The molecule has 0 unspecified atom stereocenters. The Balaban J connectivity index is 1.88. The zero-order chi connectivity index (χ0) is 20.3. The first kappa shape index (κ1) is 19.0. The number of carboxylic acids is 1. The Hall–Kier alpha value is -2.35. The van der Waals surface area contributed by atoms with Crippen LogP contribution in [0.3, 0.4) is 0 Å². The molecule has 0 saturated carbocycles. The second kappa shape index (κ2) is 6.34. The highest BCUT2D eigenvalue weighted by atomic mass is 16.4. The summed E-state index contributed by atoms with van der Waals surface area (Å²) in [6.45, 7) is 11.7. The van der Waals surface area contributed by atoms with Gasteiger partial charge in [0, 0.05) is 0 Å². The normalized spacial score (nSPS) is 19.4. The van der Waals surface area contributed by atoms with Gasteiger partial charge in [0.15, 0.2) is 0 Å². The van der Waals surface area contributed by atoms with Crippen LogP contribution < -0.4 is 0 Å². The maximum absolute atomic E-state index is 11.4. The largest absolute Gasteiger partial charge is 0.478 e. The van der Waals surface area contributed by atoms with E-state index in [-0.39, 0.29) is 10.8 Å². The fraction of sp³-hybridized carbons (Fsp3) is 0.423. The summed E-state index contributed by atoms with van der Waals surface area (Å²) >= 11 is 0. The molecule has 1 N–H and O–H groups in total. The van der Waals surface area contributed by atoms with Gasteiger partial charge in [0.2, 0.25) is 0 Å². The molecule has 2 aromatic rings. The van der Waals surface area contributed by atoms with Crippen molar-refractivity contribution in [2.75, 3.05) is 0 Å². The number of carboxylic acid groups (broad SMARTS) is 1. The van der Waals surface area contributed by atoms with Crippen LogP contribution in [-0.2, 0) is 17.3 Å². The first-order valence-corrected chi connectivity index (χ1v) is 10.3. The predicted molar refractivity (Wildman–Crippen MR) is 115 cm³/mol. The van der Waals surface area contributed by atoms with E-state index < -0.39 is 5.97 Å². The number of fused-ring (bicyclic) bond motifs is 2. The molecule has 0 aliphatic heterocycles.